The summed E-state index contributed by atoms with van der Waals surface area (Å²) in [6.45, 7) is 0. The second-order valence-corrected chi connectivity index (χ2v) is 5.25. The Labute approximate surface area is 140 Å². The molecular formula is C18H11N3O4. The highest BCUT2D eigenvalue weighted by molar-refractivity contribution is 5.79. The van der Waals surface area contributed by atoms with Crippen LogP contribution in [-0.4, -0.2) is 0 Å². The average Bonchev–Trinajstić information content (AvgIpc) is 2.62. The molecule has 25 heavy (non-hydrogen) atoms. The van der Waals surface area contributed by atoms with Crippen LogP contribution in [0.25, 0.3) is 21.9 Å². The number of para-hydroxylation sites is 2. The third-order valence-electron chi connectivity index (χ3n) is 3.59. The maximum absolute atomic E-state index is 11.9. The molecule has 7 nitrogen and oxygen atoms in total. The molecule has 122 valence electrons. The van der Waals surface area contributed by atoms with Gasteiger partial charge in [0.25, 0.3) is 0 Å². The van der Waals surface area contributed by atoms with Crippen molar-refractivity contribution in [3.63, 3.8) is 0 Å². The van der Waals surface area contributed by atoms with Crippen LogP contribution in [0.3, 0.4) is 0 Å². The number of rotatable bonds is 3. The van der Waals surface area contributed by atoms with Crippen LogP contribution in [0.1, 0.15) is 0 Å². The molecule has 0 atom stereocenters. The highest BCUT2D eigenvalue weighted by Gasteiger charge is 2.06. The van der Waals surface area contributed by atoms with Crippen molar-refractivity contribution in [2.75, 3.05) is 5.43 Å². The standard InChI is InChI=1S/C18H11N3O4/c22-17-13(9-11-5-1-3-7-15(11)24-17)19-21-20-14-10-12-6-2-4-8-16(12)25-18(14)23/h1-10H,(H,19,20). The fourth-order valence-corrected chi connectivity index (χ4v) is 2.39. The van der Waals surface area contributed by atoms with E-state index >= 15 is 0 Å². The molecule has 0 fully saturated rings. The Kier molecular flexibility index (Phi) is 3.59. The monoisotopic (exact) mass is 333 g/mol. The number of nitrogens with zero attached hydrogens (tertiary/aromatic N) is 2. The summed E-state index contributed by atoms with van der Waals surface area (Å²) in [5, 5.41) is 8.97. The lowest BCUT2D eigenvalue weighted by Crippen LogP contribution is -2.05. The molecule has 2 heterocycles. The van der Waals surface area contributed by atoms with E-state index in [4.69, 9.17) is 8.83 Å². The predicted octanol–water partition coefficient (Wildman–Crippen LogP) is 4.01. The van der Waals surface area contributed by atoms with Gasteiger partial charge in [0.15, 0.2) is 5.69 Å². The normalized spacial score (nSPS) is 11.4. The van der Waals surface area contributed by atoms with E-state index in [0.717, 1.165) is 10.8 Å². The summed E-state index contributed by atoms with van der Waals surface area (Å²) in [7, 11) is 0. The fourth-order valence-electron chi connectivity index (χ4n) is 2.39. The van der Waals surface area contributed by atoms with E-state index in [0.29, 0.717) is 11.2 Å². The summed E-state index contributed by atoms with van der Waals surface area (Å²) in [6, 6.07) is 17.3. The van der Waals surface area contributed by atoms with Crippen molar-refractivity contribution >= 4 is 33.3 Å². The van der Waals surface area contributed by atoms with E-state index in [-0.39, 0.29) is 11.4 Å². The molecule has 1 N–H and O–H groups in total. The number of hydrogen-bond acceptors (Lipinski definition) is 6. The zero-order valence-corrected chi connectivity index (χ0v) is 12.8. The van der Waals surface area contributed by atoms with Crippen LogP contribution in [-0.2, 0) is 0 Å². The lowest BCUT2D eigenvalue weighted by atomic mass is 10.2. The van der Waals surface area contributed by atoms with Gasteiger partial charge >= 0.3 is 11.3 Å². The van der Waals surface area contributed by atoms with Crippen molar-refractivity contribution in [3.05, 3.63) is 81.5 Å². The lowest BCUT2D eigenvalue weighted by molar-refractivity contribution is 0.561. The van der Waals surface area contributed by atoms with Gasteiger partial charge in [0.05, 0.1) is 0 Å². The third-order valence-corrected chi connectivity index (χ3v) is 3.59. The molecule has 0 aliphatic heterocycles. The average molecular weight is 333 g/mol. The Balaban J connectivity index is 1.65. The van der Waals surface area contributed by atoms with Gasteiger partial charge in [-0.1, -0.05) is 41.6 Å². The summed E-state index contributed by atoms with van der Waals surface area (Å²) in [6.07, 6.45) is 0. The van der Waals surface area contributed by atoms with Gasteiger partial charge in [-0.05, 0) is 24.3 Å². The summed E-state index contributed by atoms with van der Waals surface area (Å²) < 4.78 is 10.3. The van der Waals surface area contributed by atoms with E-state index in [2.05, 4.69) is 15.8 Å². The van der Waals surface area contributed by atoms with Crippen LogP contribution in [0.15, 0.2) is 89.4 Å². The molecular weight excluding hydrogens is 322 g/mol. The van der Waals surface area contributed by atoms with Crippen LogP contribution in [0.4, 0.5) is 11.4 Å². The number of fused-ring (bicyclic) bond motifs is 2. The molecule has 0 radical (unpaired) electrons. The highest BCUT2D eigenvalue weighted by atomic mass is 16.4. The summed E-state index contributed by atoms with van der Waals surface area (Å²) in [4.78, 5) is 23.8. The number of benzene rings is 2. The largest absolute Gasteiger partial charge is 0.421 e. The highest BCUT2D eigenvalue weighted by Crippen LogP contribution is 2.18. The molecule has 0 aliphatic carbocycles. The minimum atomic E-state index is -0.616. The Morgan fingerprint density at radius 3 is 2.08 bits per heavy atom. The van der Waals surface area contributed by atoms with Crippen molar-refractivity contribution in [2.45, 2.75) is 0 Å². The smallest absolute Gasteiger partial charge is 0.364 e. The lowest BCUT2D eigenvalue weighted by Gasteiger charge is -2.00. The van der Waals surface area contributed by atoms with Gasteiger partial charge in [-0.15, -0.1) is 5.11 Å². The molecule has 0 amide bonds. The maximum atomic E-state index is 11.9. The second kappa shape index (κ2) is 6.04. The number of anilines is 1. The van der Waals surface area contributed by atoms with Crippen LogP contribution in [0.5, 0.6) is 0 Å². The minimum absolute atomic E-state index is 0.0244. The van der Waals surface area contributed by atoms with Crippen molar-refractivity contribution in [3.8, 4) is 0 Å². The van der Waals surface area contributed by atoms with Crippen molar-refractivity contribution in [1.82, 2.24) is 0 Å². The van der Waals surface area contributed by atoms with Gasteiger partial charge in [0, 0.05) is 10.8 Å². The molecule has 0 bridgehead atoms. The number of hydrogen-bond donors (Lipinski definition) is 1. The maximum Gasteiger partial charge on any atom is 0.364 e. The first-order chi connectivity index (χ1) is 12.2. The molecule has 0 saturated carbocycles. The summed E-state index contributed by atoms with van der Waals surface area (Å²) in [5.41, 5.74) is 2.39. The molecule has 0 unspecified atom stereocenters. The summed E-state index contributed by atoms with van der Waals surface area (Å²) in [5.74, 6) is 0. The number of nitrogens with one attached hydrogen (secondary N) is 1. The topological polar surface area (TPSA) is 97.2 Å². The molecule has 2 aromatic carbocycles. The quantitative estimate of drug-likeness (QED) is 0.347. The third kappa shape index (κ3) is 2.90. The molecule has 2 aromatic heterocycles. The van der Waals surface area contributed by atoms with E-state index in [1.165, 1.54) is 0 Å². The van der Waals surface area contributed by atoms with Gasteiger partial charge < -0.3 is 8.83 Å². The molecule has 4 aromatic rings. The first-order valence-electron chi connectivity index (χ1n) is 7.43. The van der Waals surface area contributed by atoms with Crippen LogP contribution in [0.2, 0.25) is 0 Å². The first kappa shape index (κ1) is 14.8. The van der Waals surface area contributed by atoms with Crippen molar-refractivity contribution in [1.29, 1.82) is 0 Å². The zero-order valence-electron chi connectivity index (χ0n) is 12.8. The summed E-state index contributed by atoms with van der Waals surface area (Å²) >= 11 is 0. The molecule has 4 rings (SSSR count). The van der Waals surface area contributed by atoms with Gasteiger partial charge in [-0.25, -0.2) is 9.59 Å². The molecule has 7 heteroatoms. The van der Waals surface area contributed by atoms with E-state index in [1.807, 2.05) is 12.1 Å². The molecule has 0 saturated heterocycles. The first-order valence-corrected chi connectivity index (χ1v) is 7.43. The zero-order chi connectivity index (χ0) is 17.2. The van der Waals surface area contributed by atoms with Gasteiger partial charge in [-0.3, -0.25) is 5.43 Å². The van der Waals surface area contributed by atoms with Gasteiger partial charge in [0.2, 0.25) is 0 Å². The Bertz CT molecular complexity index is 1220. The Morgan fingerprint density at radius 1 is 0.760 bits per heavy atom. The predicted molar refractivity (Wildman–Crippen MR) is 93.1 cm³/mol. The fraction of sp³-hybridized carbons (Fsp3) is 0. The second-order valence-electron chi connectivity index (χ2n) is 5.25. The Morgan fingerprint density at radius 2 is 1.36 bits per heavy atom. The van der Waals surface area contributed by atoms with E-state index in [1.54, 1.807) is 48.5 Å². The van der Waals surface area contributed by atoms with Crippen LogP contribution < -0.4 is 16.7 Å². The van der Waals surface area contributed by atoms with Gasteiger partial charge in [-0.2, -0.15) is 0 Å². The molecule has 0 spiro atoms. The van der Waals surface area contributed by atoms with Gasteiger partial charge in [0.1, 0.15) is 16.9 Å². The van der Waals surface area contributed by atoms with E-state index in [9.17, 15) is 9.59 Å². The van der Waals surface area contributed by atoms with E-state index < -0.39 is 11.3 Å². The SMILES string of the molecule is O=c1oc2ccccc2cc1N=NNc1cc2ccccc2oc1=O. The van der Waals surface area contributed by atoms with Crippen LogP contribution in [0, 0.1) is 0 Å². The van der Waals surface area contributed by atoms with Crippen molar-refractivity contribution < 1.29 is 8.83 Å². The van der Waals surface area contributed by atoms with Crippen molar-refractivity contribution in [2.24, 2.45) is 10.3 Å². The minimum Gasteiger partial charge on any atom is -0.421 e. The van der Waals surface area contributed by atoms with Crippen LogP contribution >= 0.6 is 0 Å². The Hall–Kier alpha value is -3.74. The molecule has 0 aliphatic rings.